The summed E-state index contributed by atoms with van der Waals surface area (Å²) in [6.07, 6.45) is 3.72. The van der Waals surface area contributed by atoms with Crippen LogP contribution in [0.3, 0.4) is 0 Å². The van der Waals surface area contributed by atoms with Gasteiger partial charge in [-0.15, -0.1) is 0 Å². The van der Waals surface area contributed by atoms with Gasteiger partial charge in [-0.3, -0.25) is 9.55 Å². The summed E-state index contributed by atoms with van der Waals surface area (Å²) in [6.45, 7) is 4.01. The van der Waals surface area contributed by atoms with E-state index in [9.17, 15) is 0 Å². The molecule has 6 aromatic rings. The highest BCUT2D eigenvalue weighted by molar-refractivity contribution is 6.08. The van der Waals surface area contributed by atoms with E-state index in [4.69, 9.17) is 9.40 Å². The molecule has 0 aliphatic carbocycles. The van der Waals surface area contributed by atoms with Crippen molar-refractivity contribution in [1.82, 2.24) is 19.5 Å². The number of pyridine rings is 2. The predicted octanol–water partition coefficient (Wildman–Crippen LogP) is 6.00. The SMILES string of the molecule is Cc1ccc2c(n1)oc1c(-c3nc4c(C)cncc4n3-c3ccccc3)cccc12. The van der Waals surface area contributed by atoms with Crippen LogP contribution in [-0.4, -0.2) is 19.5 Å². The van der Waals surface area contributed by atoms with Gasteiger partial charge in [-0.05, 0) is 49.7 Å². The lowest BCUT2D eigenvalue weighted by Crippen LogP contribution is -1.97. The first-order chi connectivity index (χ1) is 14.7. The molecule has 0 spiro atoms. The Morgan fingerprint density at radius 3 is 2.53 bits per heavy atom. The molecule has 0 N–H and O–H groups in total. The Bertz CT molecular complexity index is 1560. The number of rotatable bonds is 2. The molecule has 4 aromatic heterocycles. The molecule has 0 aliphatic heterocycles. The van der Waals surface area contributed by atoms with Crippen molar-refractivity contribution in [2.45, 2.75) is 13.8 Å². The second-order valence-corrected chi connectivity index (χ2v) is 7.52. The first kappa shape index (κ1) is 16.9. The van der Waals surface area contributed by atoms with Crippen molar-refractivity contribution < 1.29 is 4.42 Å². The summed E-state index contributed by atoms with van der Waals surface area (Å²) in [4.78, 5) is 14.0. The van der Waals surface area contributed by atoms with Gasteiger partial charge in [0.15, 0.2) is 0 Å². The highest BCUT2D eigenvalue weighted by atomic mass is 16.3. The van der Waals surface area contributed by atoms with Crippen molar-refractivity contribution in [3.05, 3.63) is 84.3 Å². The Kier molecular flexibility index (Phi) is 3.53. The lowest BCUT2D eigenvalue weighted by atomic mass is 10.1. The summed E-state index contributed by atoms with van der Waals surface area (Å²) in [6, 6.07) is 20.5. The van der Waals surface area contributed by atoms with Crippen LogP contribution >= 0.6 is 0 Å². The standard InChI is InChI=1S/C25H18N4O/c1-15-13-26-14-21-22(15)28-24(29(21)17-7-4-3-5-8-17)20-10-6-9-18-19-12-11-16(2)27-25(19)30-23(18)20/h3-14H,1-2H3. The molecule has 144 valence electrons. The van der Waals surface area contributed by atoms with Crippen molar-refractivity contribution >= 4 is 33.1 Å². The van der Waals surface area contributed by atoms with E-state index in [1.165, 1.54) is 0 Å². The average Bonchev–Trinajstić information content (AvgIpc) is 3.33. The third kappa shape index (κ3) is 2.38. The number of furan rings is 1. The normalized spacial score (nSPS) is 11.7. The fraction of sp³-hybridized carbons (Fsp3) is 0.0800. The third-order valence-electron chi connectivity index (χ3n) is 5.51. The summed E-state index contributed by atoms with van der Waals surface area (Å²) in [5, 5.41) is 2.05. The quantitative estimate of drug-likeness (QED) is 0.364. The molecular weight excluding hydrogens is 372 g/mol. The minimum absolute atomic E-state index is 0.651. The van der Waals surface area contributed by atoms with Crippen LogP contribution in [0.25, 0.3) is 50.2 Å². The Morgan fingerprint density at radius 1 is 0.800 bits per heavy atom. The van der Waals surface area contributed by atoms with Crippen molar-refractivity contribution in [3.63, 3.8) is 0 Å². The lowest BCUT2D eigenvalue weighted by molar-refractivity contribution is 0.653. The number of aromatic nitrogens is 4. The maximum absolute atomic E-state index is 6.26. The molecule has 0 fully saturated rings. The van der Waals surface area contributed by atoms with Crippen LogP contribution in [0.4, 0.5) is 0 Å². The van der Waals surface area contributed by atoms with Gasteiger partial charge in [-0.2, -0.15) is 0 Å². The van der Waals surface area contributed by atoms with Gasteiger partial charge in [0.1, 0.15) is 11.4 Å². The number of hydrogen-bond acceptors (Lipinski definition) is 4. The van der Waals surface area contributed by atoms with Gasteiger partial charge >= 0.3 is 0 Å². The number of benzene rings is 2. The molecular formula is C25H18N4O. The zero-order chi connectivity index (χ0) is 20.2. The van der Waals surface area contributed by atoms with E-state index in [1.807, 2.05) is 56.6 Å². The molecule has 0 amide bonds. The number of nitrogens with zero attached hydrogens (tertiary/aromatic N) is 4. The highest BCUT2D eigenvalue weighted by Crippen LogP contribution is 2.37. The summed E-state index contributed by atoms with van der Waals surface area (Å²) < 4.78 is 8.40. The summed E-state index contributed by atoms with van der Waals surface area (Å²) >= 11 is 0. The van der Waals surface area contributed by atoms with E-state index >= 15 is 0 Å². The van der Waals surface area contributed by atoms with Gasteiger partial charge in [0.2, 0.25) is 5.71 Å². The van der Waals surface area contributed by atoms with Crippen LogP contribution in [0.5, 0.6) is 0 Å². The molecule has 0 bridgehead atoms. The number of para-hydroxylation sites is 2. The number of fused-ring (bicyclic) bond motifs is 4. The fourth-order valence-electron chi connectivity index (χ4n) is 4.09. The average molecular weight is 390 g/mol. The van der Waals surface area contributed by atoms with E-state index in [2.05, 4.69) is 44.9 Å². The largest absolute Gasteiger partial charge is 0.437 e. The zero-order valence-electron chi connectivity index (χ0n) is 16.6. The second kappa shape index (κ2) is 6.26. The van der Waals surface area contributed by atoms with Crippen LogP contribution in [-0.2, 0) is 0 Å². The minimum Gasteiger partial charge on any atom is -0.437 e. The molecule has 0 aliphatic rings. The maximum Gasteiger partial charge on any atom is 0.227 e. The minimum atomic E-state index is 0.651. The van der Waals surface area contributed by atoms with Crippen molar-refractivity contribution in [3.8, 4) is 17.1 Å². The number of aryl methyl sites for hydroxylation is 2. The van der Waals surface area contributed by atoms with Crippen molar-refractivity contribution in [2.24, 2.45) is 0 Å². The Labute approximate surface area is 172 Å². The monoisotopic (exact) mass is 390 g/mol. The van der Waals surface area contributed by atoms with Crippen LogP contribution in [0.15, 0.2) is 77.5 Å². The van der Waals surface area contributed by atoms with Crippen LogP contribution < -0.4 is 0 Å². The molecule has 4 heterocycles. The summed E-state index contributed by atoms with van der Waals surface area (Å²) in [5.41, 5.74) is 7.29. The second-order valence-electron chi connectivity index (χ2n) is 7.52. The van der Waals surface area contributed by atoms with Crippen LogP contribution in [0.1, 0.15) is 11.3 Å². The first-order valence-corrected chi connectivity index (χ1v) is 9.88. The predicted molar refractivity (Wildman–Crippen MR) is 119 cm³/mol. The molecule has 2 aromatic carbocycles. The highest BCUT2D eigenvalue weighted by Gasteiger charge is 2.20. The van der Waals surface area contributed by atoms with E-state index < -0.39 is 0 Å². The summed E-state index contributed by atoms with van der Waals surface area (Å²) in [5.74, 6) is 0.827. The lowest BCUT2D eigenvalue weighted by Gasteiger charge is -2.09. The zero-order valence-corrected chi connectivity index (χ0v) is 16.6. The fourth-order valence-corrected chi connectivity index (χ4v) is 4.09. The van der Waals surface area contributed by atoms with Crippen LogP contribution in [0.2, 0.25) is 0 Å². The van der Waals surface area contributed by atoms with Gasteiger partial charge in [0.05, 0.1) is 22.8 Å². The maximum atomic E-state index is 6.26. The Morgan fingerprint density at radius 2 is 1.67 bits per heavy atom. The molecule has 6 rings (SSSR count). The van der Waals surface area contributed by atoms with Gasteiger partial charge in [-0.25, -0.2) is 9.97 Å². The molecule has 0 unspecified atom stereocenters. The van der Waals surface area contributed by atoms with E-state index in [1.54, 1.807) is 0 Å². The van der Waals surface area contributed by atoms with Gasteiger partial charge in [0, 0.05) is 28.4 Å². The van der Waals surface area contributed by atoms with Gasteiger partial charge < -0.3 is 4.42 Å². The number of imidazole rings is 1. The smallest absolute Gasteiger partial charge is 0.227 e. The first-order valence-electron chi connectivity index (χ1n) is 9.88. The summed E-state index contributed by atoms with van der Waals surface area (Å²) in [7, 11) is 0. The Hall–Kier alpha value is -3.99. The molecule has 5 heteroatoms. The number of hydrogen-bond donors (Lipinski definition) is 0. The molecule has 0 radical (unpaired) electrons. The van der Waals surface area contributed by atoms with Crippen molar-refractivity contribution in [1.29, 1.82) is 0 Å². The molecule has 0 saturated carbocycles. The van der Waals surface area contributed by atoms with Gasteiger partial charge in [0.25, 0.3) is 0 Å². The Balaban J connectivity index is 1.75. The molecule has 0 saturated heterocycles. The third-order valence-corrected chi connectivity index (χ3v) is 5.51. The molecule has 5 nitrogen and oxygen atoms in total. The van der Waals surface area contributed by atoms with Crippen molar-refractivity contribution in [2.75, 3.05) is 0 Å². The van der Waals surface area contributed by atoms with Gasteiger partial charge in [-0.1, -0.05) is 30.3 Å². The van der Waals surface area contributed by atoms with E-state index in [0.29, 0.717) is 5.71 Å². The molecule has 30 heavy (non-hydrogen) atoms. The van der Waals surface area contributed by atoms with E-state index in [-0.39, 0.29) is 0 Å². The topological polar surface area (TPSA) is 56.7 Å². The van der Waals surface area contributed by atoms with E-state index in [0.717, 1.165) is 55.7 Å². The molecule has 0 atom stereocenters. The van der Waals surface area contributed by atoms with Crippen LogP contribution in [0, 0.1) is 13.8 Å².